The topological polar surface area (TPSA) is 47.3 Å². The second kappa shape index (κ2) is 7.18. The van der Waals surface area contributed by atoms with Crippen LogP contribution < -0.4 is 4.90 Å². The molecule has 1 saturated heterocycles. The highest BCUT2D eigenvalue weighted by Gasteiger charge is 2.22. The Morgan fingerprint density at radius 2 is 1.79 bits per heavy atom. The molecule has 0 radical (unpaired) electrons. The Hall–Kier alpha value is -2.80. The van der Waals surface area contributed by atoms with Crippen molar-refractivity contribution in [3.63, 3.8) is 0 Å². The smallest absolute Gasteiger partial charge is 0.253 e. The number of anilines is 1. The Morgan fingerprint density at radius 3 is 2.42 bits per heavy atom. The molecule has 1 heterocycles. The van der Waals surface area contributed by atoms with E-state index in [0.29, 0.717) is 12.0 Å². The predicted octanol–water partition coefficient (Wildman–Crippen LogP) is 3.02. The van der Waals surface area contributed by atoms with Gasteiger partial charge in [-0.05, 0) is 42.3 Å². The summed E-state index contributed by atoms with van der Waals surface area (Å²) in [5, 5.41) is 8.71. The number of amides is 1. The Labute approximate surface area is 142 Å². The summed E-state index contributed by atoms with van der Waals surface area (Å²) in [7, 11) is 0. The second-order valence-corrected chi connectivity index (χ2v) is 6.15. The normalized spacial score (nSPS) is 14.3. The molecule has 1 aliphatic heterocycles. The molecule has 24 heavy (non-hydrogen) atoms. The van der Waals surface area contributed by atoms with Crippen LogP contribution in [0, 0.1) is 18.3 Å². The highest BCUT2D eigenvalue weighted by atomic mass is 16.2. The number of benzene rings is 2. The molecule has 0 spiro atoms. The summed E-state index contributed by atoms with van der Waals surface area (Å²) in [5.41, 5.74) is 4.12. The highest BCUT2D eigenvalue weighted by Crippen LogP contribution is 2.19. The van der Waals surface area contributed by atoms with Gasteiger partial charge in [0.05, 0.1) is 12.5 Å². The number of nitrogens with zero attached hydrogens (tertiary/aromatic N) is 3. The Balaban J connectivity index is 1.61. The molecule has 1 aliphatic rings. The fraction of sp³-hybridized carbons (Fsp3) is 0.300. The third-order valence-electron chi connectivity index (χ3n) is 4.42. The standard InChI is InChI=1S/C20H21N3O/c1-16-3-2-4-19(15-16)22-11-13-23(14-12-22)20(24)18-7-5-17(6-8-18)9-10-21/h2-8,15H,9,11-14H2,1H3. The summed E-state index contributed by atoms with van der Waals surface area (Å²) < 4.78 is 0. The van der Waals surface area contributed by atoms with Crippen LogP contribution in [0.5, 0.6) is 0 Å². The maximum absolute atomic E-state index is 12.6. The van der Waals surface area contributed by atoms with Crippen LogP contribution in [0.1, 0.15) is 21.5 Å². The number of aryl methyl sites for hydroxylation is 1. The van der Waals surface area contributed by atoms with Gasteiger partial charge in [0.2, 0.25) is 0 Å². The molecule has 0 aromatic heterocycles. The van der Waals surface area contributed by atoms with E-state index in [0.717, 1.165) is 31.7 Å². The van der Waals surface area contributed by atoms with E-state index in [1.54, 1.807) is 0 Å². The van der Waals surface area contributed by atoms with E-state index >= 15 is 0 Å². The monoisotopic (exact) mass is 319 g/mol. The molecule has 122 valence electrons. The molecule has 1 fully saturated rings. The van der Waals surface area contributed by atoms with E-state index in [1.807, 2.05) is 29.2 Å². The molecular formula is C20H21N3O. The van der Waals surface area contributed by atoms with Crippen LogP contribution in [-0.4, -0.2) is 37.0 Å². The van der Waals surface area contributed by atoms with Gasteiger partial charge in [-0.25, -0.2) is 0 Å². The first-order valence-electron chi connectivity index (χ1n) is 8.24. The lowest BCUT2D eigenvalue weighted by Crippen LogP contribution is -2.48. The van der Waals surface area contributed by atoms with Crippen molar-refractivity contribution in [1.82, 2.24) is 4.90 Å². The van der Waals surface area contributed by atoms with Crippen molar-refractivity contribution in [3.05, 3.63) is 65.2 Å². The van der Waals surface area contributed by atoms with Gasteiger partial charge in [-0.15, -0.1) is 0 Å². The number of hydrogen-bond acceptors (Lipinski definition) is 3. The average molecular weight is 319 g/mol. The highest BCUT2D eigenvalue weighted by molar-refractivity contribution is 5.94. The zero-order valence-electron chi connectivity index (χ0n) is 13.9. The van der Waals surface area contributed by atoms with Crippen LogP contribution in [-0.2, 0) is 6.42 Å². The molecule has 0 aliphatic carbocycles. The maximum Gasteiger partial charge on any atom is 0.253 e. The van der Waals surface area contributed by atoms with Gasteiger partial charge in [0.15, 0.2) is 0 Å². The van der Waals surface area contributed by atoms with Gasteiger partial charge in [0.25, 0.3) is 5.91 Å². The first-order chi connectivity index (χ1) is 11.7. The van der Waals surface area contributed by atoms with E-state index in [1.165, 1.54) is 11.3 Å². The molecule has 0 saturated carbocycles. The van der Waals surface area contributed by atoms with E-state index in [-0.39, 0.29) is 5.91 Å². The van der Waals surface area contributed by atoms with Crippen molar-refractivity contribution in [2.75, 3.05) is 31.1 Å². The first kappa shape index (κ1) is 16.1. The summed E-state index contributed by atoms with van der Waals surface area (Å²) in [5.74, 6) is 0.0717. The lowest BCUT2D eigenvalue weighted by Gasteiger charge is -2.36. The van der Waals surface area contributed by atoms with Crippen molar-refractivity contribution in [1.29, 1.82) is 5.26 Å². The van der Waals surface area contributed by atoms with Gasteiger partial charge in [-0.2, -0.15) is 5.26 Å². The van der Waals surface area contributed by atoms with Gasteiger partial charge in [-0.1, -0.05) is 24.3 Å². The van der Waals surface area contributed by atoms with Crippen LogP contribution in [0.25, 0.3) is 0 Å². The molecule has 0 bridgehead atoms. The van der Waals surface area contributed by atoms with Crippen molar-refractivity contribution in [3.8, 4) is 6.07 Å². The van der Waals surface area contributed by atoms with Crippen LogP contribution in [0.2, 0.25) is 0 Å². The van der Waals surface area contributed by atoms with Crippen LogP contribution in [0.3, 0.4) is 0 Å². The lowest BCUT2D eigenvalue weighted by atomic mass is 10.1. The quantitative estimate of drug-likeness (QED) is 0.873. The summed E-state index contributed by atoms with van der Waals surface area (Å²) in [6.07, 6.45) is 0.379. The third kappa shape index (κ3) is 3.57. The largest absolute Gasteiger partial charge is 0.368 e. The Morgan fingerprint density at radius 1 is 1.08 bits per heavy atom. The SMILES string of the molecule is Cc1cccc(N2CCN(C(=O)c3ccc(CC#N)cc3)CC2)c1. The number of carbonyl (C=O) groups excluding carboxylic acids is 1. The Bertz CT molecular complexity index is 753. The second-order valence-electron chi connectivity index (χ2n) is 6.15. The van der Waals surface area contributed by atoms with Crippen molar-refractivity contribution in [2.45, 2.75) is 13.3 Å². The van der Waals surface area contributed by atoms with Gasteiger partial charge in [0, 0.05) is 37.4 Å². The summed E-state index contributed by atoms with van der Waals surface area (Å²) in [6.45, 7) is 5.25. The molecule has 0 unspecified atom stereocenters. The molecule has 4 heteroatoms. The van der Waals surface area contributed by atoms with E-state index in [2.05, 4.69) is 42.2 Å². The fourth-order valence-corrected chi connectivity index (χ4v) is 3.03. The molecular weight excluding hydrogens is 298 g/mol. The molecule has 1 amide bonds. The first-order valence-corrected chi connectivity index (χ1v) is 8.24. The van der Waals surface area contributed by atoms with Gasteiger partial charge >= 0.3 is 0 Å². The zero-order chi connectivity index (χ0) is 16.9. The van der Waals surface area contributed by atoms with Gasteiger partial charge in [-0.3, -0.25) is 4.79 Å². The van der Waals surface area contributed by atoms with Crippen molar-refractivity contribution < 1.29 is 4.79 Å². The van der Waals surface area contributed by atoms with Crippen molar-refractivity contribution in [2.24, 2.45) is 0 Å². The number of hydrogen-bond donors (Lipinski definition) is 0. The minimum atomic E-state index is 0.0717. The summed E-state index contributed by atoms with van der Waals surface area (Å²) in [4.78, 5) is 16.8. The molecule has 2 aromatic carbocycles. The van der Waals surface area contributed by atoms with Crippen LogP contribution >= 0.6 is 0 Å². The predicted molar refractivity (Wildman–Crippen MR) is 95.1 cm³/mol. The molecule has 2 aromatic rings. The minimum absolute atomic E-state index is 0.0717. The Kier molecular flexibility index (Phi) is 4.81. The molecule has 3 rings (SSSR count). The molecule has 0 atom stereocenters. The number of carbonyl (C=O) groups is 1. The number of rotatable bonds is 3. The van der Waals surface area contributed by atoms with Crippen molar-refractivity contribution >= 4 is 11.6 Å². The molecule has 4 nitrogen and oxygen atoms in total. The molecule has 0 N–H and O–H groups in total. The zero-order valence-corrected chi connectivity index (χ0v) is 13.9. The van der Waals surface area contributed by atoms with E-state index in [9.17, 15) is 4.79 Å². The fourth-order valence-electron chi connectivity index (χ4n) is 3.03. The lowest BCUT2D eigenvalue weighted by molar-refractivity contribution is 0.0747. The number of piperazine rings is 1. The maximum atomic E-state index is 12.6. The van der Waals surface area contributed by atoms with Gasteiger partial charge in [0.1, 0.15) is 0 Å². The van der Waals surface area contributed by atoms with Gasteiger partial charge < -0.3 is 9.80 Å². The minimum Gasteiger partial charge on any atom is -0.368 e. The van der Waals surface area contributed by atoms with Crippen LogP contribution in [0.15, 0.2) is 48.5 Å². The van der Waals surface area contributed by atoms with Crippen LogP contribution in [0.4, 0.5) is 5.69 Å². The average Bonchev–Trinajstić information content (AvgIpc) is 2.62. The summed E-state index contributed by atoms with van der Waals surface area (Å²) in [6, 6.07) is 18.0. The number of nitriles is 1. The summed E-state index contributed by atoms with van der Waals surface area (Å²) >= 11 is 0. The van der Waals surface area contributed by atoms with E-state index < -0.39 is 0 Å². The van der Waals surface area contributed by atoms with E-state index in [4.69, 9.17) is 5.26 Å². The third-order valence-corrected chi connectivity index (χ3v) is 4.42.